The topological polar surface area (TPSA) is 15.3 Å². The molecule has 2 heteroatoms. The molecule has 2 nitrogen and oxygen atoms in total. The third-order valence-corrected chi connectivity index (χ3v) is 3.25. The average Bonchev–Trinajstić information content (AvgIpc) is 2.26. The zero-order chi connectivity index (χ0) is 10.9. The lowest BCUT2D eigenvalue weighted by Gasteiger charge is -2.29. The molecule has 0 aromatic rings. The van der Waals surface area contributed by atoms with Crippen LogP contribution in [-0.4, -0.2) is 37.1 Å². The van der Waals surface area contributed by atoms with Gasteiger partial charge in [-0.3, -0.25) is 0 Å². The summed E-state index contributed by atoms with van der Waals surface area (Å²) in [5, 5.41) is 3.62. The van der Waals surface area contributed by atoms with Gasteiger partial charge in [-0.15, -0.1) is 0 Å². The van der Waals surface area contributed by atoms with Crippen molar-refractivity contribution in [3.63, 3.8) is 0 Å². The van der Waals surface area contributed by atoms with Crippen molar-refractivity contribution in [3.8, 4) is 0 Å². The van der Waals surface area contributed by atoms with Crippen LogP contribution < -0.4 is 5.32 Å². The van der Waals surface area contributed by atoms with Crippen molar-refractivity contribution >= 4 is 0 Å². The summed E-state index contributed by atoms with van der Waals surface area (Å²) in [7, 11) is 0. The summed E-state index contributed by atoms with van der Waals surface area (Å²) in [5.41, 5.74) is 0. The lowest BCUT2D eigenvalue weighted by atomic mass is 10.1. The number of hydrogen-bond acceptors (Lipinski definition) is 2. The van der Waals surface area contributed by atoms with Gasteiger partial charge in [0.05, 0.1) is 0 Å². The van der Waals surface area contributed by atoms with Gasteiger partial charge in [0, 0.05) is 12.6 Å². The van der Waals surface area contributed by atoms with Gasteiger partial charge < -0.3 is 10.2 Å². The van der Waals surface area contributed by atoms with Crippen LogP contribution in [0.3, 0.4) is 0 Å². The first-order valence-electron chi connectivity index (χ1n) is 6.78. The van der Waals surface area contributed by atoms with E-state index in [4.69, 9.17) is 0 Å². The van der Waals surface area contributed by atoms with E-state index in [-0.39, 0.29) is 0 Å². The molecule has 0 amide bonds. The van der Waals surface area contributed by atoms with E-state index in [0.717, 1.165) is 0 Å². The van der Waals surface area contributed by atoms with Crippen molar-refractivity contribution in [3.05, 3.63) is 0 Å². The average molecular weight is 212 g/mol. The van der Waals surface area contributed by atoms with Crippen LogP contribution in [0, 0.1) is 0 Å². The van der Waals surface area contributed by atoms with Gasteiger partial charge in [-0.05, 0) is 45.8 Å². The zero-order valence-corrected chi connectivity index (χ0v) is 10.6. The van der Waals surface area contributed by atoms with Crippen LogP contribution in [0.5, 0.6) is 0 Å². The number of nitrogens with one attached hydrogen (secondary N) is 1. The number of unbranched alkanes of at least 4 members (excludes halogenated alkanes) is 2. The van der Waals surface area contributed by atoms with E-state index in [1.165, 1.54) is 64.7 Å². The number of rotatable bonds is 7. The molecule has 1 rings (SSSR count). The second-order valence-electron chi connectivity index (χ2n) is 4.92. The fourth-order valence-electron chi connectivity index (χ4n) is 2.32. The first kappa shape index (κ1) is 13.0. The van der Waals surface area contributed by atoms with Crippen molar-refractivity contribution in [1.82, 2.24) is 10.2 Å². The van der Waals surface area contributed by atoms with Crippen molar-refractivity contribution < 1.29 is 0 Å². The molecule has 1 heterocycles. The molecule has 1 fully saturated rings. The lowest BCUT2D eigenvalue weighted by Crippen LogP contribution is -2.41. The second kappa shape index (κ2) is 8.12. The van der Waals surface area contributed by atoms with Gasteiger partial charge >= 0.3 is 0 Å². The normalized spacial score (nSPS) is 20.4. The highest BCUT2D eigenvalue weighted by Gasteiger charge is 2.12. The lowest BCUT2D eigenvalue weighted by molar-refractivity contribution is 0.209. The molecule has 1 aliphatic heterocycles. The van der Waals surface area contributed by atoms with Crippen molar-refractivity contribution in [2.75, 3.05) is 26.2 Å². The minimum Gasteiger partial charge on any atom is -0.313 e. The monoisotopic (exact) mass is 212 g/mol. The Morgan fingerprint density at radius 1 is 1.13 bits per heavy atom. The van der Waals surface area contributed by atoms with Gasteiger partial charge in [-0.25, -0.2) is 0 Å². The predicted octanol–water partition coefficient (Wildman–Crippen LogP) is 2.64. The molecule has 1 saturated heterocycles. The largest absolute Gasteiger partial charge is 0.313 e. The molecular weight excluding hydrogens is 184 g/mol. The summed E-state index contributed by atoms with van der Waals surface area (Å²) in [6, 6.07) is 0.667. The molecule has 0 aromatic heterocycles. The van der Waals surface area contributed by atoms with Crippen LogP contribution >= 0.6 is 0 Å². The zero-order valence-electron chi connectivity index (χ0n) is 10.6. The maximum atomic E-state index is 3.62. The van der Waals surface area contributed by atoms with E-state index >= 15 is 0 Å². The molecule has 0 radical (unpaired) electrons. The Morgan fingerprint density at radius 2 is 1.87 bits per heavy atom. The van der Waals surface area contributed by atoms with Crippen LogP contribution in [0.15, 0.2) is 0 Å². The Kier molecular flexibility index (Phi) is 7.03. The Hall–Kier alpha value is -0.0800. The van der Waals surface area contributed by atoms with Gasteiger partial charge in [-0.2, -0.15) is 0 Å². The summed E-state index contributed by atoms with van der Waals surface area (Å²) < 4.78 is 0. The van der Waals surface area contributed by atoms with E-state index < -0.39 is 0 Å². The number of nitrogens with zero attached hydrogens (tertiary/aromatic N) is 1. The standard InChI is InChI=1S/C13H28N2/c1-3-4-6-9-14-13(2)12-15-10-7-5-8-11-15/h13-14H,3-12H2,1-2H3. The Bertz CT molecular complexity index is 141. The van der Waals surface area contributed by atoms with Crippen LogP contribution in [-0.2, 0) is 0 Å². The first-order valence-corrected chi connectivity index (χ1v) is 6.78. The molecular formula is C13H28N2. The summed E-state index contributed by atoms with van der Waals surface area (Å²) >= 11 is 0. The molecule has 0 saturated carbocycles. The summed E-state index contributed by atoms with van der Waals surface area (Å²) in [6.07, 6.45) is 8.27. The van der Waals surface area contributed by atoms with Gasteiger partial charge in [0.2, 0.25) is 0 Å². The quantitative estimate of drug-likeness (QED) is 0.653. The molecule has 90 valence electrons. The van der Waals surface area contributed by atoms with Crippen molar-refractivity contribution in [2.24, 2.45) is 0 Å². The van der Waals surface area contributed by atoms with E-state index in [2.05, 4.69) is 24.1 Å². The molecule has 0 bridgehead atoms. The Balaban J connectivity index is 1.98. The summed E-state index contributed by atoms with van der Waals surface area (Å²) in [4.78, 5) is 2.61. The van der Waals surface area contributed by atoms with Gasteiger partial charge in [-0.1, -0.05) is 26.2 Å². The van der Waals surface area contributed by atoms with Gasteiger partial charge in [0.15, 0.2) is 0 Å². The van der Waals surface area contributed by atoms with E-state index in [9.17, 15) is 0 Å². The van der Waals surface area contributed by atoms with Crippen molar-refractivity contribution in [2.45, 2.75) is 58.4 Å². The minimum absolute atomic E-state index is 0.667. The minimum atomic E-state index is 0.667. The number of hydrogen-bond donors (Lipinski definition) is 1. The van der Waals surface area contributed by atoms with E-state index in [0.29, 0.717) is 6.04 Å². The van der Waals surface area contributed by atoms with Gasteiger partial charge in [0.1, 0.15) is 0 Å². The van der Waals surface area contributed by atoms with Crippen LogP contribution in [0.2, 0.25) is 0 Å². The highest BCUT2D eigenvalue weighted by molar-refractivity contribution is 4.70. The van der Waals surface area contributed by atoms with Crippen LogP contribution in [0.1, 0.15) is 52.4 Å². The van der Waals surface area contributed by atoms with Crippen LogP contribution in [0.25, 0.3) is 0 Å². The van der Waals surface area contributed by atoms with Crippen molar-refractivity contribution in [1.29, 1.82) is 0 Å². The Labute approximate surface area is 95.4 Å². The summed E-state index contributed by atoms with van der Waals surface area (Å²) in [6.45, 7) is 9.66. The third kappa shape index (κ3) is 6.16. The molecule has 1 atom stereocenters. The Morgan fingerprint density at radius 3 is 2.53 bits per heavy atom. The smallest absolute Gasteiger partial charge is 0.0166 e. The number of piperidine rings is 1. The highest BCUT2D eigenvalue weighted by atomic mass is 15.1. The highest BCUT2D eigenvalue weighted by Crippen LogP contribution is 2.08. The molecule has 0 aromatic carbocycles. The fraction of sp³-hybridized carbons (Fsp3) is 1.00. The molecule has 0 spiro atoms. The SMILES string of the molecule is CCCCCNC(C)CN1CCCCC1. The molecule has 0 aliphatic carbocycles. The third-order valence-electron chi connectivity index (χ3n) is 3.25. The first-order chi connectivity index (χ1) is 7.33. The molecule has 1 unspecified atom stereocenters. The maximum Gasteiger partial charge on any atom is 0.0166 e. The molecule has 1 aliphatic rings. The summed E-state index contributed by atoms with van der Waals surface area (Å²) in [5.74, 6) is 0. The molecule has 15 heavy (non-hydrogen) atoms. The molecule has 1 N–H and O–H groups in total. The van der Waals surface area contributed by atoms with E-state index in [1.807, 2.05) is 0 Å². The van der Waals surface area contributed by atoms with Crippen LogP contribution in [0.4, 0.5) is 0 Å². The predicted molar refractivity (Wildman–Crippen MR) is 67.3 cm³/mol. The number of likely N-dealkylation sites (tertiary alicyclic amines) is 1. The van der Waals surface area contributed by atoms with E-state index in [1.54, 1.807) is 0 Å². The fourth-order valence-corrected chi connectivity index (χ4v) is 2.32. The maximum absolute atomic E-state index is 3.62. The van der Waals surface area contributed by atoms with Gasteiger partial charge in [0.25, 0.3) is 0 Å². The second-order valence-corrected chi connectivity index (χ2v) is 4.92.